The van der Waals surface area contributed by atoms with E-state index in [-0.39, 0.29) is 42.0 Å². The van der Waals surface area contributed by atoms with Gasteiger partial charge in [0, 0.05) is 13.0 Å². The van der Waals surface area contributed by atoms with Crippen LogP contribution in [-0.2, 0) is 27.4 Å². The molecule has 0 unspecified atom stereocenters. The summed E-state index contributed by atoms with van der Waals surface area (Å²) >= 11 is 0. The van der Waals surface area contributed by atoms with Crippen molar-refractivity contribution in [3.8, 4) is 0 Å². The number of anilines is 2. The average Bonchev–Trinajstić information content (AvgIpc) is 2.76. The predicted molar refractivity (Wildman–Crippen MR) is 116 cm³/mol. The van der Waals surface area contributed by atoms with Gasteiger partial charge < -0.3 is 9.64 Å². The molecule has 0 saturated carbocycles. The number of sulfonamides is 1. The maximum atomic E-state index is 14.0. The summed E-state index contributed by atoms with van der Waals surface area (Å²) in [5, 5.41) is 0. The number of carbonyl (C=O) groups is 1. The second-order valence-electron chi connectivity index (χ2n) is 7.88. The van der Waals surface area contributed by atoms with Crippen molar-refractivity contribution in [3.63, 3.8) is 0 Å². The van der Waals surface area contributed by atoms with Crippen LogP contribution in [0.1, 0.15) is 41.3 Å². The minimum Gasteiger partial charge on any atom is -0.465 e. The van der Waals surface area contributed by atoms with Gasteiger partial charge in [-0.3, -0.25) is 4.72 Å². The highest BCUT2D eigenvalue weighted by atomic mass is 32.2. The third-order valence-electron chi connectivity index (χ3n) is 5.46. The third kappa shape index (κ3) is 5.60. The molecule has 0 aromatic heterocycles. The molecule has 0 bridgehead atoms. The van der Waals surface area contributed by atoms with Crippen LogP contribution in [0.3, 0.4) is 0 Å². The average molecular weight is 506 g/mol. The number of ether oxygens (including phenoxy) is 1. The summed E-state index contributed by atoms with van der Waals surface area (Å²) in [7, 11) is -3.39. The van der Waals surface area contributed by atoms with Gasteiger partial charge in [-0.15, -0.1) is 0 Å². The summed E-state index contributed by atoms with van der Waals surface area (Å²) < 4.78 is 101. The molecule has 0 radical (unpaired) electrons. The number of benzene rings is 2. The molecular formula is C22H23F5N2O4S. The zero-order valence-corrected chi connectivity index (χ0v) is 19.2. The first-order chi connectivity index (χ1) is 15.8. The Labute approximate surface area is 193 Å². The number of piperidine rings is 1. The molecule has 3 rings (SSSR count). The number of methoxy groups -OCH3 is 1. The van der Waals surface area contributed by atoms with Crippen molar-refractivity contribution < 1.29 is 39.9 Å². The lowest BCUT2D eigenvalue weighted by molar-refractivity contribution is -0.137. The standard InChI is InChI=1S/C22H23F5N2O4S/c1-3-14-5-6-15(20(30)33-2)11-19(14)34(31,32)28-17-12-16(22(25,26)27)7-8-18(17)29-10-4-9-21(23,24)13-29/h5-8,11-12,28H,3-4,9-10,13H2,1-2H3. The summed E-state index contributed by atoms with van der Waals surface area (Å²) in [6.45, 7) is 1.02. The van der Waals surface area contributed by atoms with Crippen molar-refractivity contribution in [1.29, 1.82) is 0 Å². The van der Waals surface area contributed by atoms with E-state index in [1.165, 1.54) is 12.1 Å². The fourth-order valence-corrected chi connectivity index (χ4v) is 5.19. The normalized spacial score (nSPS) is 16.3. The van der Waals surface area contributed by atoms with Gasteiger partial charge in [0.05, 0.1) is 41.1 Å². The van der Waals surface area contributed by atoms with E-state index >= 15 is 0 Å². The fraction of sp³-hybridized carbons (Fsp3) is 0.409. The maximum absolute atomic E-state index is 14.0. The molecule has 186 valence electrons. The first-order valence-electron chi connectivity index (χ1n) is 10.4. The van der Waals surface area contributed by atoms with Crippen molar-refractivity contribution >= 4 is 27.4 Å². The van der Waals surface area contributed by atoms with Crippen LogP contribution >= 0.6 is 0 Å². The molecule has 1 N–H and O–H groups in total. The number of alkyl halides is 5. The minimum atomic E-state index is -4.79. The highest BCUT2D eigenvalue weighted by molar-refractivity contribution is 7.92. The van der Waals surface area contributed by atoms with Gasteiger partial charge in [-0.05, 0) is 48.7 Å². The molecular weight excluding hydrogens is 483 g/mol. The Morgan fingerprint density at radius 2 is 1.88 bits per heavy atom. The Bertz CT molecular complexity index is 1180. The van der Waals surface area contributed by atoms with E-state index in [0.29, 0.717) is 11.6 Å². The first-order valence-corrected chi connectivity index (χ1v) is 11.8. The van der Waals surface area contributed by atoms with Crippen molar-refractivity contribution in [1.82, 2.24) is 0 Å². The Morgan fingerprint density at radius 3 is 2.47 bits per heavy atom. The monoisotopic (exact) mass is 506 g/mol. The number of rotatable bonds is 6. The molecule has 34 heavy (non-hydrogen) atoms. The Hall–Kier alpha value is -2.89. The number of nitrogens with zero attached hydrogens (tertiary/aromatic N) is 1. The second kappa shape index (κ2) is 9.40. The van der Waals surface area contributed by atoms with Gasteiger partial charge in [-0.1, -0.05) is 13.0 Å². The van der Waals surface area contributed by atoms with Crippen LogP contribution in [0.25, 0.3) is 0 Å². The van der Waals surface area contributed by atoms with Crippen molar-refractivity contribution in [2.45, 2.75) is 43.2 Å². The Morgan fingerprint density at radius 1 is 1.18 bits per heavy atom. The minimum absolute atomic E-state index is 0.0694. The highest BCUT2D eigenvalue weighted by Crippen LogP contribution is 2.39. The zero-order valence-electron chi connectivity index (χ0n) is 18.4. The fourth-order valence-electron chi connectivity index (χ4n) is 3.78. The summed E-state index contributed by atoms with van der Waals surface area (Å²) in [6, 6.07) is 6.11. The van der Waals surface area contributed by atoms with Gasteiger partial charge in [0.2, 0.25) is 0 Å². The molecule has 0 spiro atoms. The molecule has 0 amide bonds. The van der Waals surface area contributed by atoms with Crippen molar-refractivity contribution in [2.75, 3.05) is 29.8 Å². The van der Waals surface area contributed by atoms with E-state index in [2.05, 4.69) is 9.46 Å². The number of hydrogen-bond donors (Lipinski definition) is 1. The largest absolute Gasteiger partial charge is 0.465 e. The van der Waals surface area contributed by atoms with Crippen molar-refractivity contribution in [3.05, 3.63) is 53.1 Å². The van der Waals surface area contributed by atoms with Crippen LogP contribution in [0.15, 0.2) is 41.3 Å². The third-order valence-corrected chi connectivity index (χ3v) is 6.91. The van der Waals surface area contributed by atoms with E-state index in [0.717, 1.165) is 30.2 Å². The van der Waals surface area contributed by atoms with E-state index < -0.39 is 45.9 Å². The Kier molecular flexibility index (Phi) is 7.11. The number of carbonyl (C=O) groups excluding carboxylic acids is 1. The summed E-state index contributed by atoms with van der Waals surface area (Å²) in [4.78, 5) is 12.7. The van der Waals surface area contributed by atoms with Crippen LogP contribution in [0, 0.1) is 0 Å². The molecule has 0 atom stereocenters. The Balaban J connectivity index is 2.10. The van der Waals surface area contributed by atoms with E-state index in [1.54, 1.807) is 6.92 Å². The highest BCUT2D eigenvalue weighted by Gasteiger charge is 2.37. The lowest BCUT2D eigenvalue weighted by Crippen LogP contribution is -2.43. The van der Waals surface area contributed by atoms with Crippen LogP contribution in [0.2, 0.25) is 0 Å². The lowest BCUT2D eigenvalue weighted by atomic mass is 10.1. The summed E-state index contributed by atoms with van der Waals surface area (Å²) in [6.07, 6.45) is -4.83. The van der Waals surface area contributed by atoms with Gasteiger partial charge in [-0.25, -0.2) is 22.0 Å². The zero-order chi connectivity index (χ0) is 25.3. The number of halogens is 5. The number of esters is 1. The molecule has 6 nitrogen and oxygen atoms in total. The van der Waals surface area contributed by atoms with Crippen LogP contribution < -0.4 is 9.62 Å². The SMILES string of the molecule is CCc1ccc(C(=O)OC)cc1S(=O)(=O)Nc1cc(C(F)(F)F)ccc1N1CCCC(F)(F)C1. The molecule has 1 heterocycles. The molecule has 1 saturated heterocycles. The molecule has 2 aromatic carbocycles. The molecule has 0 aliphatic carbocycles. The molecule has 1 aliphatic rings. The summed E-state index contributed by atoms with van der Waals surface area (Å²) in [5.41, 5.74) is -1.49. The van der Waals surface area contributed by atoms with Gasteiger partial charge in [-0.2, -0.15) is 13.2 Å². The van der Waals surface area contributed by atoms with Crippen LogP contribution in [-0.4, -0.2) is 40.5 Å². The molecule has 2 aromatic rings. The van der Waals surface area contributed by atoms with Gasteiger partial charge >= 0.3 is 12.1 Å². The molecule has 12 heteroatoms. The molecule has 1 fully saturated rings. The van der Waals surface area contributed by atoms with Gasteiger partial charge in [0.15, 0.2) is 0 Å². The second-order valence-corrected chi connectivity index (χ2v) is 9.53. The summed E-state index contributed by atoms with van der Waals surface area (Å²) in [5.74, 6) is -3.86. The predicted octanol–water partition coefficient (Wildman–Crippen LogP) is 5.09. The quantitative estimate of drug-likeness (QED) is 0.436. The van der Waals surface area contributed by atoms with E-state index in [4.69, 9.17) is 0 Å². The van der Waals surface area contributed by atoms with Crippen LogP contribution in [0.5, 0.6) is 0 Å². The van der Waals surface area contributed by atoms with E-state index in [1.807, 2.05) is 0 Å². The smallest absolute Gasteiger partial charge is 0.416 e. The maximum Gasteiger partial charge on any atom is 0.416 e. The number of aryl methyl sites for hydroxylation is 1. The van der Waals surface area contributed by atoms with Crippen molar-refractivity contribution in [2.24, 2.45) is 0 Å². The van der Waals surface area contributed by atoms with Crippen LogP contribution in [0.4, 0.5) is 33.3 Å². The number of hydrogen-bond acceptors (Lipinski definition) is 5. The topological polar surface area (TPSA) is 75.7 Å². The number of nitrogens with one attached hydrogen (secondary N) is 1. The molecule has 1 aliphatic heterocycles. The van der Waals surface area contributed by atoms with Gasteiger partial charge in [0.25, 0.3) is 15.9 Å². The first kappa shape index (κ1) is 25.7. The lowest BCUT2D eigenvalue weighted by Gasteiger charge is -2.35. The van der Waals surface area contributed by atoms with Gasteiger partial charge in [0.1, 0.15) is 0 Å². The van der Waals surface area contributed by atoms with E-state index in [9.17, 15) is 35.2 Å².